The molecule has 1 aromatic carbocycles. The lowest BCUT2D eigenvalue weighted by Gasteiger charge is -2.20. The predicted octanol–water partition coefficient (Wildman–Crippen LogP) is 3.65. The standard InChI is InChI=1S/C22H24N4O4S/c1-29-17-10-9-14(12-18(17)30-2)24-19(27)13-31-22-25-21(28)16-8-5-11-23-20(16)26(22)15-6-3-4-7-15/h5,8-12,15H,3-4,6-7,13H2,1-2H3,(H,24,27). The summed E-state index contributed by atoms with van der Waals surface area (Å²) in [4.78, 5) is 33.9. The van der Waals surface area contributed by atoms with Gasteiger partial charge in [0, 0.05) is 24.0 Å². The van der Waals surface area contributed by atoms with Crippen LogP contribution in [0.25, 0.3) is 11.0 Å². The number of anilines is 1. The Hall–Kier alpha value is -3.07. The first kappa shape index (κ1) is 21.2. The van der Waals surface area contributed by atoms with Crippen LogP contribution in [0.15, 0.2) is 46.5 Å². The van der Waals surface area contributed by atoms with Gasteiger partial charge in [0.2, 0.25) is 5.91 Å². The number of fused-ring (bicyclic) bond motifs is 1. The predicted molar refractivity (Wildman–Crippen MR) is 120 cm³/mol. The summed E-state index contributed by atoms with van der Waals surface area (Å²) in [6, 6.07) is 8.91. The number of rotatable bonds is 7. The molecular weight excluding hydrogens is 416 g/mol. The first-order valence-corrected chi connectivity index (χ1v) is 11.1. The van der Waals surface area contributed by atoms with Crippen molar-refractivity contribution in [1.82, 2.24) is 14.5 Å². The Morgan fingerprint density at radius 1 is 1.19 bits per heavy atom. The zero-order valence-electron chi connectivity index (χ0n) is 17.5. The summed E-state index contributed by atoms with van der Waals surface area (Å²) in [5, 5.41) is 3.89. The van der Waals surface area contributed by atoms with Crippen molar-refractivity contribution in [1.29, 1.82) is 0 Å². The molecule has 2 heterocycles. The average Bonchev–Trinajstić information content (AvgIpc) is 3.32. The van der Waals surface area contributed by atoms with Gasteiger partial charge in [0.15, 0.2) is 16.7 Å². The van der Waals surface area contributed by atoms with Crippen molar-refractivity contribution in [2.24, 2.45) is 0 Å². The second-order valence-electron chi connectivity index (χ2n) is 7.29. The number of thioether (sulfide) groups is 1. The molecule has 1 amide bonds. The van der Waals surface area contributed by atoms with E-state index >= 15 is 0 Å². The van der Waals surface area contributed by atoms with Crippen LogP contribution in [0.5, 0.6) is 11.5 Å². The van der Waals surface area contributed by atoms with Crippen LogP contribution >= 0.6 is 11.8 Å². The van der Waals surface area contributed by atoms with Crippen molar-refractivity contribution in [3.05, 3.63) is 46.9 Å². The first-order chi connectivity index (χ1) is 15.1. The largest absolute Gasteiger partial charge is 0.493 e. The molecule has 1 aliphatic rings. The lowest BCUT2D eigenvalue weighted by atomic mass is 10.2. The van der Waals surface area contributed by atoms with Crippen molar-refractivity contribution >= 4 is 34.4 Å². The molecule has 9 heteroatoms. The minimum Gasteiger partial charge on any atom is -0.493 e. The highest BCUT2D eigenvalue weighted by molar-refractivity contribution is 7.99. The number of hydrogen-bond donors (Lipinski definition) is 1. The number of pyridine rings is 1. The van der Waals surface area contributed by atoms with Crippen LogP contribution in [0.4, 0.5) is 5.69 Å². The van der Waals surface area contributed by atoms with Gasteiger partial charge in [-0.25, -0.2) is 4.98 Å². The second kappa shape index (κ2) is 9.38. The quantitative estimate of drug-likeness (QED) is 0.442. The van der Waals surface area contributed by atoms with Crippen LogP contribution in [0.1, 0.15) is 31.7 Å². The number of hydrogen-bond acceptors (Lipinski definition) is 7. The highest BCUT2D eigenvalue weighted by Crippen LogP contribution is 2.34. The van der Waals surface area contributed by atoms with E-state index in [2.05, 4.69) is 15.3 Å². The average molecular weight is 441 g/mol. The minimum atomic E-state index is -0.319. The van der Waals surface area contributed by atoms with Gasteiger partial charge >= 0.3 is 0 Å². The van der Waals surface area contributed by atoms with Gasteiger partial charge < -0.3 is 19.4 Å². The van der Waals surface area contributed by atoms with E-state index in [1.54, 1.807) is 50.7 Å². The summed E-state index contributed by atoms with van der Waals surface area (Å²) in [5.74, 6) is 1.03. The molecule has 4 rings (SSSR count). The summed E-state index contributed by atoms with van der Waals surface area (Å²) in [5.41, 5.74) is 0.918. The zero-order valence-corrected chi connectivity index (χ0v) is 18.3. The van der Waals surface area contributed by atoms with Gasteiger partial charge in [-0.2, -0.15) is 4.98 Å². The van der Waals surface area contributed by atoms with E-state index in [0.717, 1.165) is 25.7 Å². The third-order valence-corrected chi connectivity index (χ3v) is 6.29. The van der Waals surface area contributed by atoms with Crippen LogP contribution in [-0.4, -0.2) is 40.4 Å². The number of nitrogens with zero attached hydrogens (tertiary/aromatic N) is 3. The van der Waals surface area contributed by atoms with Crippen LogP contribution < -0.4 is 20.3 Å². The van der Waals surface area contributed by atoms with Crippen molar-refractivity contribution in [2.75, 3.05) is 25.3 Å². The highest BCUT2D eigenvalue weighted by Gasteiger charge is 2.23. The van der Waals surface area contributed by atoms with Crippen molar-refractivity contribution < 1.29 is 14.3 Å². The maximum atomic E-state index is 12.6. The fraction of sp³-hybridized carbons (Fsp3) is 0.364. The minimum absolute atomic E-state index is 0.117. The van der Waals surface area contributed by atoms with Crippen molar-refractivity contribution in [3.63, 3.8) is 0 Å². The molecule has 31 heavy (non-hydrogen) atoms. The fourth-order valence-corrected chi connectivity index (χ4v) is 4.74. The second-order valence-corrected chi connectivity index (χ2v) is 8.23. The Bertz CT molecular complexity index is 1160. The molecule has 2 aromatic heterocycles. The maximum absolute atomic E-state index is 12.6. The molecule has 3 aromatic rings. The van der Waals surface area contributed by atoms with Gasteiger partial charge in [0.1, 0.15) is 5.65 Å². The van der Waals surface area contributed by atoms with Crippen molar-refractivity contribution in [2.45, 2.75) is 36.9 Å². The molecule has 8 nitrogen and oxygen atoms in total. The van der Waals surface area contributed by atoms with Crippen LogP contribution in [0.3, 0.4) is 0 Å². The van der Waals surface area contributed by atoms with Crippen LogP contribution in [0, 0.1) is 0 Å². The molecule has 0 bridgehead atoms. The van der Waals surface area contributed by atoms with Gasteiger partial charge in [-0.3, -0.25) is 9.59 Å². The van der Waals surface area contributed by atoms with Crippen molar-refractivity contribution in [3.8, 4) is 11.5 Å². The summed E-state index contributed by atoms with van der Waals surface area (Å²) in [7, 11) is 3.10. The number of nitrogens with one attached hydrogen (secondary N) is 1. The number of methoxy groups -OCH3 is 2. The summed E-state index contributed by atoms with van der Waals surface area (Å²) in [6.07, 6.45) is 5.98. The summed E-state index contributed by atoms with van der Waals surface area (Å²) < 4.78 is 12.5. The van der Waals surface area contributed by atoms with Gasteiger partial charge in [0.25, 0.3) is 5.56 Å². The summed E-state index contributed by atoms with van der Waals surface area (Å²) >= 11 is 1.25. The molecular formula is C22H24N4O4S. The van der Waals surface area contributed by atoms with Gasteiger partial charge in [-0.05, 0) is 37.1 Å². The monoisotopic (exact) mass is 440 g/mol. The Labute approximate surface area is 184 Å². The fourth-order valence-electron chi connectivity index (χ4n) is 3.88. The van der Waals surface area contributed by atoms with Gasteiger partial charge in [-0.15, -0.1) is 0 Å². The molecule has 0 spiro atoms. The normalized spacial score (nSPS) is 14.0. The molecule has 1 aliphatic carbocycles. The smallest absolute Gasteiger partial charge is 0.283 e. The van der Waals surface area contributed by atoms with Gasteiger partial charge in [0.05, 0.1) is 25.4 Å². The maximum Gasteiger partial charge on any atom is 0.283 e. The van der Waals surface area contributed by atoms with Crippen LogP contribution in [0.2, 0.25) is 0 Å². The van der Waals surface area contributed by atoms with E-state index in [0.29, 0.717) is 33.4 Å². The topological polar surface area (TPSA) is 95.3 Å². The lowest BCUT2D eigenvalue weighted by molar-refractivity contribution is -0.113. The molecule has 0 aliphatic heterocycles. The van der Waals surface area contributed by atoms with E-state index in [4.69, 9.17) is 9.47 Å². The SMILES string of the molecule is COc1ccc(NC(=O)CSc2nc(=O)c3cccnc3n2C2CCCC2)cc1OC. The highest BCUT2D eigenvalue weighted by atomic mass is 32.2. The molecule has 0 atom stereocenters. The third-order valence-electron chi connectivity index (χ3n) is 5.34. The molecule has 0 saturated heterocycles. The Balaban J connectivity index is 1.55. The van der Waals surface area contributed by atoms with E-state index in [9.17, 15) is 9.59 Å². The number of carbonyl (C=O) groups excluding carboxylic acids is 1. The molecule has 1 fully saturated rings. The van der Waals surface area contributed by atoms with E-state index < -0.39 is 0 Å². The number of aromatic nitrogens is 3. The molecule has 162 valence electrons. The molecule has 1 saturated carbocycles. The Morgan fingerprint density at radius 3 is 2.71 bits per heavy atom. The number of ether oxygens (including phenoxy) is 2. The van der Waals surface area contributed by atoms with E-state index in [-0.39, 0.29) is 23.3 Å². The van der Waals surface area contributed by atoms with Crippen LogP contribution in [-0.2, 0) is 4.79 Å². The molecule has 0 radical (unpaired) electrons. The first-order valence-electron chi connectivity index (χ1n) is 10.1. The molecule has 1 N–H and O–H groups in total. The zero-order chi connectivity index (χ0) is 21.8. The van der Waals surface area contributed by atoms with E-state index in [1.165, 1.54) is 11.8 Å². The van der Waals surface area contributed by atoms with E-state index in [1.807, 2.05) is 4.57 Å². The Kier molecular flexibility index (Phi) is 6.41. The lowest BCUT2D eigenvalue weighted by Crippen LogP contribution is -2.21. The number of carbonyl (C=O) groups is 1. The summed E-state index contributed by atoms with van der Waals surface area (Å²) in [6.45, 7) is 0. The molecule has 0 unspecified atom stereocenters. The third kappa shape index (κ3) is 4.51. The number of benzene rings is 1. The van der Waals surface area contributed by atoms with Gasteiger partial charge in [-0.1, -0.05) is 24.6 Å². The Morgan fingerprint density at radius 2 is 1.97 bits per heavy atom. The number of amides is 1.